The van der Waals surface area contributed by atoms with Crippen molar-refractivity contribution in [2.45, 2.75) is 10.2 Å². The lowest BCUT2D eigenvalue weighted by atomic mass is 10.3. The topological polar surface area (TPSA) is 38.9 Å². The Hall–Kier alpha value is -1.52. The minimum Gasteiger partial charge on any atom is -0.431 e. The fourth-order valence-electron chi connectivity index (χ4n) is 1.41. The van der Waals surface area contributed by atoms with Crippen molar-refractivity contribution in [3.05, 3.63) is 47.6 Å². The molecule has 5 heteroatoms. The lowest BCUT2D eigenvalue weighted by Crippen LogP contribution is -1.78. The fraction of sp³-hybridized carbons (Fsp3) is 0. The molecule has 0 spiro atoms. The van der Waals surface area contributed by atoms with Gasteiger partial charge in [0.05, 0.1) is 5.02 Å². The van der Waals surface area contributed by atoms with Gasteiger partial charge in [-0.15, -0.1) is 0 Å². The molecular weight excluding hydrogens is 256 g/mol. The van der Waals surface area contributed by atoms with Gasteiger partial charge in [0.15, 0.2) is 5.58 Å². The summed E-state index contributed by atoms with van der Waals surface area (Å²) in [6.07, 6.45) is 1.60. The Kier molecular flexibility index (Phi) is 2.74. The molecule has 0 radical (unpaired) electrons. The van der Waals surface area contributed by atoms with E-state index in [9.17, 15) is 0 Å². The van der Waals surface area contributed by atoms with Gasteiger partial charge in [-0.05, 0) is 36.0 Å². The van der Waals surface area contributed by atoms with Gasteiger partial charge < -0.3 is 4.42 Å². The molecule has 3 aromatic rings. The molecule has 0 fully saturated rings. The second-order valence-electron chi connectivity index (χ2n) is 3.36. The molecule has 3 rings (SSSR count). The zero-order chi connectivity index (χ0) is 11.7. The zero-order valence-corrected chi connectivity index (χ0v) is 10.2. The Labute approximate surface area is 107 Å². The Balaban J connectivity index is 1.92. The Morgan fingerprint density at radius 2 is 2.00 bits per heavy atom. The van der Waals surface area contributed by atoms with Crippen LogP contribution in [0.15, 0.2) is 57.3 Å². The highest BCUT2D eigenvalue weighted by atomic mass is 35.5. The number of para-hydroxylation sites is 2. The molecule has 0 atom stereocenters. The summed E-state index contributed by atoms with van der Waals surface area (Å²) in [4.78, 5) is 8.53. The predicted molar refractivity (Wildman–Crippen MR) is 67.4 cm³/mol. The van der Waals surface area contributed by atoms with E-state index in [0.29, 0.717) is 10.2 Å². The zero-order valence-electron chi connectivity index (χ0n) is 8.63. The van der Waals surface area contributed by atoms with E-state index in [-0.39, 0.29) is 0 Å². The number of nitrogens with zero attached hydrogens (tertiary/aromatic N) is 2. The Morgan fingerprint density at radius 1 is 1.12 bits per heavy atom. The van der Waals surface area contributed by atoms with Gasteiger partial charge >= 0.3 is 0 Å². The molecular formula is C12H7ClN2OS. The Bertz CT molecular complexity index is 618. The molecule has 0 saturated heterocycles. The standard InChI is InChI=1S/C12H7ClN2OS/c13-8-5-6-11(14-7-8)17-12-15-9-3-1-2-4-10(9)16-12/h1-7H. The SMILES string of the molecule is Clc1ccc(Sc2nc3ccccc3o2)nc1. The third kappa shape index (κ3) is 2.28. The number of hydrogen-bond acceptors (Lipinski definition) is 4. The van der Waals surface area contributed by atoms with Gasteiger partial charge in [-0.3, -0.25) is 0 Å². The summed E-state index contributed by atoms with van der Waals surface area (Å²) >= 11 is 7.14. The average Bonchev–Trinajstić information content (AvgIpc) is 2.74. The van der Waals surface area contributed by atoms with Crippen molar-refractivity contribution in [1.82, 2.24) is 9.97 Å². The largest absolute Gasteiger partial charge is 0.431 e. The first-order chi connectivity index (χ1) is 8.31. The number of hydrogen-bond donors (Lipinski definition) is 0. The minimum absolute atomic E-state index is 0.584. The van der Waals surface area contributed by atoms with Gasteiger partial charge in [0.2, 0.25) is 0 Å². The molecule has 2 heterocycles. The highest BCUT2D eigenvalue weighted by Crippen LogP contribution is 2.28. The molecule has 0 unspecified atom stereocenters. The van der Waals surface area contributed by atoms with E-state index in [1.54, 1.807) is 12.3 Å². The van der Waals surface area contributed by atoms with Crippen LogP contribution in [0.25, 0.3) is 11.1 Å². The maximum Gasteiger partial charge on any atom is 0.263 e. The van der Waals surface area contributed by atoms with Crippen molar-refractivity contribution in [2.75, 3.05) is 0 Å². The first-order valence-electron chi connectivity index (χ1n) is 4.96. The molecule has 0 saturated carbocycles. The molecule has 0 aliphatic rings. The van der Waals surface area contributed by atoms with Gasteiger partial charge in [-0.2, -0.15) is 0 Å². The van der Waals surface area contributed by atoms with Crippen LogP contribution in [0.3, 0.4) is 0 Å². The molecule has 2 aromatic heterocycles. The molecule has 0 aliphatic carbocycles. The summed E-state index contributed by atoms with van der Waals surface area (Å²) in [7, 11) is 0. The monoisotopic (exact) mass is 262 g/mol. The van der Waals surface area contributed by atoms with Gasteiger partial charge in [0.1, 0.15) is 10.5 Å². The molecule has 0 aliphatic heterocycles. The lowest BCUT2D eigenvalue weighted by molar-refractivity contribution is 0.489. The van der Waals surface area contributed by atoms with Crippen molar-refractivity contribution in [2.24, 2.45) is 0 Å². The first kappa shape index (κ1) is 10.6. The summed E-state index contributed by atoms with van der Waals surface area (Å²) in [6, 6.07) is 11.3. The molecule has 3 nitrogen and oxygen atoms in total. The van der Waals surface area contributed by atoms with Crippen LogP contribution in [0.5, 0.6) is 0 Å². The molecule has 1 aromatic carbocycles. The normalized spacial score (nSPS) is 10.9. The first-order valence-corrected chi connectivity index (χ1v) is 6.16. The number of fused-ring (bicyclic) bond motifs is 1. The number of rotatable bonds is 2. The van der Waals surface area contributed by atoms with E-state index < -0.39 is 0 Å². The van der Waals surface area contributed by atoms with Gasteiger partial charge in [0.25, 0.3) is 5.22 Å². The summed E-state index contributed by atoms with van der Waals surface area (Å²) < 4.78 is 5.58. The molecule has 0 amide bonds. The van der Waals surface area contributed by atoms with Crippen molar-refractivity contribution >= 4 is 34.5 Å². The highest BCUT2D eigenvalue weighted by Gasteiger charge is 2.07. The van der Waals surface area contributed by atoms with Crippen molar-refractivity contribution in [3.8, 4) is 0 Å². The Morgan fingerprint density at radius 3 is 2.76 bits per heavy atom. The van der Waals surface area contributed by atoms with Crippen LogP contribution < -0.4 is 0 Å². The van der Waals surface area contributed by atoms with Crippen LogP contribution in [0.4, 0.5) is 0 Å². The van der Waals surface area contributed by atoms with Crippen LogP contribution in [0.1, 0.15) is 0 Å². The van der Waals surface area contributed by atoms with Crippen molar-refractivity contribution in [3.63, 3.8) is 0 Å². The van der Waals surface area contributed by atoms with Gasteiger partial charge in [0, 0.05) is 6.20 Å². The van der Waals surface area contributed by atoms with Crippen molar-refractivity contribution < 1.29 is 4.42 Å². The summed E-state index contributed by atoms with van der Waals surface area (Å²) in [5.41, 5.74) is 1.63. The smallest absolute Gasteiger partial charge is 0.263 e. The van der Waals surface area contributed by atoms with E-state index in [1.807, 2.05) is 30.3 Å². The lowest BCUT2D eigenvalue weighted by Gasteiger charge is -1.94. The maximum absolute atomic E-state index is 5.77. The van der Waals surface area contributed by atoms with Gasteiger partial charge in [-0.25, -0.2) is 9.97 Å². The summed E-state index contributed by atoms with van der Waals surface area (Å²) in [5.74, 6) is 0. The molecule has 0 N–H and O–H groups in total. The van der Waals surface area contributed by atoms with E-state index in [2.05, 4.69) is 9.97 Å². The number of benzene rings is 1. The average molecular weight is 263 g/mol. The quantitative estimate of drug-likeness (QED) is 0.699. The highest BCUT2D eigenvalue weighted by molar-refractivity contribution is 7.99. The molecule has 84 valence electrons. The summed E-state index contributed by atoms with van der Waals surface area (Å²) in [6.45, 7) is 0. The fourth-order valence-corrected chi connectivity index (χ4v) is 2.21. The molecule has 17 heavy (non-hydrogen) atoms. The van der Waals surface area contributed by atoms with E-state index >= 15 is 0 Å². The van der Waals surface area contributed by atoms with Crippen molar-refractivity contribution in [1.29, 1.82) is 0 Å². The number of oxazole rings is 1. The molecule has 0 bridgehead atoms. The van der Waals surface area contributed by atoms with Gasteiger partial charge in [-0.1, -0.05) is 23.7 Å². The minimum atomic E-state index is 0.584. The second-order valence-corrected chi connectivity index (χ2v) is 4.77. The number of aromatic nitrogens is 2. The number of halogens is 1. The van der Waals surface area contributed by atoms with E-state index in [4.69, 9.17) is 16.0 Å². The second kappa shape index (κ2) is 4.39. The van der Waals surface area contributed by atoms with Crippen LogP contribution >= 0.6 is 23.4 Å². The van der Waals surface area contributed by atoms with Crippen LogP contribution in [0, 0.1) is 0 Å². The third-order valence-corrected chi connectivity index (χ3v) is 3.19. The van der Waals surface area contributed by atoms with Crippen LogP contribution in [-0.4, -0.2) is 9.97 Å². The summed E-state index contributed by atoms with van der Waals surface area (Å²) in [5, 5.41) is 2.01. The predicted octanol–water partition coefficient (Wildman–Crippen LogP) is 4.03. The van der Waals surface area contributed by atoms with E-state index in [0.717, 1.165) is 16.1 Å². The van der Waals surface area contributed by atoms with Crippen LogP contribution in [-0.2, 0) is 0 Å². The van der Waals surface area contributed by atoms with E-state index in [1.165, 1.54) is 11.8 Å². The number of pyridine rings is 1. The van der Waals surface area contributed by atoms with Crippen LogP contribution in [0.2, 0.25) is 5.02 Å². The maximum atomic E-state index is 5.77. The third-order valence-electron chi connectivity index (χ3n) is 2.17.